The maximum Gasteiger partial charge on any atom is 0.320 e. The standard InChI is InChI=1S/C26H27N7O4S/c1-17-2-7-22(25-24(17)20(12-27)14-28-25)32-38(35,36)21-5-3-18(4-6-21)13-29-26(34)31-23-8-10-30-33(23)15-19-9-11-37-16-19/h2-8,10,14,19,28,32H,9,11,13,15-16H2,1H3,(H2,29,31,34). The summed E-state index contributed by atoms with van der Waals surface area (Å²) in [4.78, 5) is 15.5. The lowest BCUT2D eigenvalue weighted by atomic mass is 10.1. The third-order valence-electron chi connectivity index (χ3n) is 6.51. The molecule has 4 aromatic rings. The number of aryl methyl sites for hydroxylation is 1. The van der Waals surface area contributed by atoms with Gasteiger partial charge in [-0.15, -0.1) is 0 Å². The molecule has 1 fully saturated rings. The van der Waals surface area contributed by atoms with E-state index in [-0.39, 0.29) is 17.5 Å². The Morgan fingerprint density at radius 2 is 2.05 bits per heavy atom. The molecule has 1 aliphatic rings. The highest BCUT2D eigenvalue weighted by atomic mass is 32.2. The number of carbonyl (C=O) groups is 1. The second-order valence-corrected chi connectivity index (χ2v) is 10.9. The van der Waals surface area contributed by atoms with Gasteiger partial charge in [-0.1, -0.05) is 18.2 Å². The van der Waals surface area contributed by atoms with Crippen LogP contribution in [0, 0.1) is 24.2 Å². The highest BCUT2D eigenvalue weighted by molar-refractivity contribution is 7.92. The molecule has 4 N–H and O–H groups in total. The van der Waals surface area contributed by atoms with Crippen molar-refractivity contribution in [2.45, 2.75) is 31.3 Å². The summed E-state index contributed by atoms with van der Waals surface area (Å²) >= 11 is 0. The number of fused-ring (bicyclic) bond motifs is 1. The number of nitrogens with zero attached hydrogens (tertiary/aromatic N) is 3. The van der Waals surface area contributed by atoms with Crippen molar-refractivity contribution in [3.63, 3.8) is 0 Å². The Balaban J connectivity index is 1.20. The molecule has 2 aromatic heterocycles. The van der Waals surface area contributed by atoms with Gasteiger partial charge in [-0.05, 0) is 42.7 Å². The predicted octanol–water partition coefficient (Wildman–Crippen LogP) is 3.70. The number of ether oxygens (including phenoxy) is 1. The number of nitriles is 1. The normalized spacial score (nSPS) is 15.3. The zero-order valence-corrected chi connectivity index (χ0v) is 21.5. The van der Waals surface area contributed by atoms with Crippen molar-refractivity contribution in [1.29, 1.82) is 5.26 Å². The van der Waals surface area contributed by atoms with Crippen molar-refractivity contribution >= 4 is 38.5 Å². The van der Waals surface area contributed by atoms with Crippen molar-refractivity contribution in [2.24, 2.45) is 5.92 Å². The quantitative estimate of drug-likeness (QED) is 0.271. The minimum Gasteiger partial charge on any atom is -0.381 e. The highest BCUT2D eigenvalue weighted by Crippen LogP contribution is 2.30. The summed E-state index contributed by atoms with van der Waals surface area (Å²) in [5.74, 6) is 0.966. The number of hydrogen-bond donors (Lipinski definition) is 4. The molecule has 2 amide bonds. The van der Waals surface area contributed by atoms with Gasteiger partial charge in [-0.3, -0.25) is 10.0 Å². The fraction of sp³-hybridized carbons (Fsp3) is 0.269. The number of aromatic nitrogens is 3. The van der Waals surface area contributed by atoms with Crippen LogP contribution in [0.4, 0.5) is 16.3 Å². The van der Waals surface area contributed by atoms with Gasteiger partial charge in [0.05, 0.1) is 34.5 Å². The van der Waals surface area contributed by atoms with Gasteiger partial charge in [0.15, 0.2) is 0 Å². The largest absolute Gasteiger partial charge is 0.381 e. The van der Waals surface area contributed by atoms with Crippen LogP contribution in [0.2, 0.25) is 0 Å². The molecule has 3 heterocycles. The number of amides is 2. The molecule has 0 bridgehead atoms. The summed E-state index contributed by atoms with van der Waals surface area (Å²) in [6, 6.07) is 13.1. The van der Waals surface area contributed by atoms with Gasteiger partial charge >= 0.3 is 6.03 Å². The van der Waals surface area contributed by atoms with Gasteiger partial charge in [0.25, 0.3) is 10.0 Å². The SMILES string of the molecule is Cc1ccc(NS(=O)(=O)c2ccc(CNC(=O)Nc3ccnn3CC3CCOC3)cc2)c2[nH]cc(C#N)c12. The molecule has 5 rings (SSSR count). The molecule has 1 saturated heterocycles. The van der Waals surface area contributed by atoms with Crippen LogP contribution in [-0.2, 0) is 27.8 Å². The Hall–Kier alpha value is -4.34. The van der Waals surface area contributed by atoms with E-state index < -0.39 is 10.0 Å². The number of anilines is 2. The molecular weight excluding hydrogens is 506 g/mol. The van der Waals surface area contributed by atoms with Crippen molar-refractivity contribution < 1.29 is 17.9 Å². The van der Waals surface area contributed by atoms with E-state index in [4.69, 9.17) is 4.74 Å². The van der Waals surface area contributed by atoms with Gasteiger partial charge in [-0.25, -0.2) is 17.9 Å². The minimum absolute atomic E-state index is 0.0753. The molecule has 196 valence electrons. The number of H-pyrrole nitrogens is 1. The highest BCUT2D eigenvalue weighted by Gasteiger charge is 2.19. The molecule has 0 saturated carbocycles. The molecule has 11 nitrogen and oxygen atoms in total. The number of aromatic amines is 1. The summed E-state index contributed by atoms with van der Waals surface area (Å²) in [6.07, 6.45) is 4.17. The molecule has 1 aliphatic heterocycles. The smallest absolute Gasteiger partial charge is 0.320 e. The third kappa shape index (κ3) is 5.34. The van der Waals surface area contributed by atoms with Crippen LogP contribution < -0.4 is 15.4 Å². The molecule has 0 radical (unpaired) electrons. The summed E-state index contributed by atoms with van der Waals surface area (Å²) in [5.41, 5.74) is 2.96. The van der Waals surface area contributed by atoms with Crippen LogP contribution in [0.25, 0.3) is 10.9 Å². The summed E-state index contributed by atoms with van der Waals surface area (Å²) in [5, 5.41) is 19.9. The number of urea groups is 1. The van der Waals surface area contributed by atoms with E-state index in [2.05, 4.69) is 31.5 Å². The van der Waals surface area contributed by atoms with E-state index in [9.17, 15) is 18.5 Å². The first-order chi connectivity index (χ1) is 18.3. The molecule has 2 aromatic carbocycles. The first kappa shape index (κ1) is 25.3. The topological polar surface area (TPSA) is 154 Å². The Morgan fingerprint density at radius 3 is 2.79 bits per heavy atom. The number of benzene rings is 2. The second kappa shape index (κ2) is 10.6. The molecule has 12 heteroatoms. The molecule has 0 spiro atoms. The van der Waals surface area contributed by atoms with E-state index in [1.165, 1.54) is 12.1 Å². The van der Waals surface area contributed by atoms with Crippen LogP contribution in [0.5, 0.6) is 0 Å². The average molecular weight is 534 g/mol. The zero-order valence-electron chi connectivity index (χ0n) is 20.7. The van der Waals surface area contributed by atoms with E-state index in [1.807, 2.05) is 6.92 Å². The van der Waals surface area contributed by atoms with E-state index in [1.54, 1.807) is 47.4 Å². The number of hydrogen-bond acceptors (Lipinski definition) is 6. The van der Waals surface area contributed by atoms with E-state index >= 15 is 0 Å². The fourth-order valence-electron chi connectivity index (χ4n) is 4.48. The van der Waals surface area contributed by atoms with Gasteiger partial charge in [0, 0.05) is 43.3 Å². The van der Waals surface area contributed by atoms with Gasteiger partial charge in [0.1, 0.15) is 11.9 Å². The lowest BCUT2D eigenvalue weighted by Crippen LogP contribution is -2.29. The average Bonchev–Trinajstić information content (AvgIpc) is 3.67. The van der Waals surface area contributed by atoms with Gasteiger partial charge < -0.3 is 15.0 Å². The Kier molecular flexibility index (Phi) is 7.04. The maximum atomic E-state index is 13.0. The zero-order chi connectivity index (χ0) is 26.7. The van der Waals surface area contributed by atoms with Crippen LogP contribution in [0.1, 0.15) is 23.1 Å². The molecule has 1 atom stereocenters. The number of nitrogens with one attached hydrogen (secondary N) is 4. The number of rotatable bonds is 8. The van der Waals surface area contributed by atoms with E-state index in [0.717, 1.165) is 24.2 Å². The predicted molar refractivity (Wildman–Crippen MR) is 142 cm³/mol. The Labute approximate surface area is 219 Å². The lowest BCUT2D eigenvalue weighted by molar-refractivity contribution is 0.181. The van der Waals surface area contributed by atoms with Crippen molar-refractivity contribution in [1.82, 2.24) is 20.1 Å². The van der Waals surface area contributed by atoms with Crippen LogP contribution in [0.3, 0.4) is 0 Å². The summed E-state index contributed by atoms with van der Waals surface area (Å²) in [6.45, 7) is 4.18. The number of sulfonamides is 1. The van der Waals surface area contributed by atoms with Crippen molar-refractivity contribution in [2.75, 3.05) is 23.3 Å². The molecular formula is C26H27N7O4S. The number of carbonyl (C=O) groups excluding carboxylic acids is 1. The second-order valence-electron chi connectivity index (χ2n) is 9.18. The fourth-order valence-corrected chi connectivity index (χ4v) is 5.55. The van der Waals surface area contributed by atoms with E-state index in [0.29, 0.717) is 47.0 Å². The minimum atomic E-state index is -3.88. The van der Waals surface area contributed by atoms with Gasteiger partial charge in [0.2, 0.25) is 0 Å². The van der Waals surface area contributed by atoms with Gasteiger partial charge in [-0.2, -0.15) is 10.4 Å². The van der Waals surface area contributed by atoms with Crippen LogP contribution >= 0.6 is 0 Å². The van der Waals surface area contributed by atoms with Crippen molar-refractivity contribution in [3.8, 4) is 6.07 Å². The summed E-state index contributed by atoms with van der Waals surface area (Å²) in [7, 11) is -3.88. The monoisotopic (exact) mass is 533 g/mol. The van der Waals surface area contributed by atoms with Crippen LogP contribution in [-0.4, -0.2) is 42.4 Å². The maximum absolute atomic E-state index is 13.0. The molecule has 38 heavy (non-hydrogen) atoms. The molecule has 1 unspecified atom stereocenters. The first-order valence-corrected chi connectivity index (χ1v) is 13.6. The first-order valence-electron chi connectivity index (χ1n) is 12.1. The lowest BCUT2D eigenvalue weighted by Gasteiger charge is -2.13. The third-order valence-corrected chi connectivity index (χ3v) is 7.89. The molecule has 0 aliphatic carbocycles. The Bertz CT molecular complexity index is 1610. The summed E-state index contributed by atoms with van der Waals surface area (Å²) < 4.78 is 35.8. The van der Waals surface area contributed by atoms with Crippen LogP contribution in [0.15, 0.2) is 59.8 Å². The Morgan fingerprint density at radius 1 is 1.24 bits per heavy atom. The van der Waals surface area contributed by atoms with Crippen molar-refractivity contribution in [3.05, 3.63) is 71.5 Å².